The van der Waals surface area contributed by atoms with Gasteiger partial charge in [0.1, 0.15) is 5.82 Å². The zero-order valence-corrected chi connectivity index (χ0v) is 7.17. The first kappa shape index (κ1) is 7.25. The van der Waals surface area contributed by atoms with E-state index in [0.717, 1.165) is 18.5 Å². The van der Waals surface area contributed by atoms with E-state index in [-0.39, 0.29) is 11.9 Å². The lowest BCUT2D eigenvalue weighted by atomic mass is 10.0. The van der Waals surface area contributed by atoms with Crippen molar-refractivity contribution in [2.45, 2.75) is 19.4 Å². The molecule has 0 bridgehead atoms. The average Bonchev–Trinajstić information content (AvgIpc) is 2.34. The fourth-order valence-electron chi connectivity index (χ4n) is 1.53. The molecule has 0 saturated heterocycles. The smallest absolute Gasteiger partial charge is 0.138 e. The summed E-state index contributed by atoms with van der Waals surface area (Å²) in [4.78, 5) is 1.22. The van der Waals surface area contributed by atoms with Gasteiger partial charge in [0.15, 0.2) is 0 Å². The molecule has 1 aromatic rings. The molecule has 3 heteroatoms. The maximum atomic E-state index is 13.1. The minimum atomic E-state index is -0.0373. The third-order valence-electron chi connectivity index (χ3n) is 2.10. The maximum absolute atomic E-state index is 13.1. The van der Waals surface area contributed by atoms with Crippen LogP contribution in [0.2, 0.25) is 0 Å². The topological polar surface area (TPSA) is 12.0 Å². The first-order valence-corrected chi connectivity index (χ1v) is 4.66. The summed E-state index contributed by atoms with van der Waals surface area (Å²) in [5.74, 6) is -0.0373. The van der Waals surface area contributed by atoms with E-state index in [1.54, 1.807) is 16.7 Å². The van der Waals surface area contributed by atoms with Crippen molar-refractivity contribution in [3.8, 4) is 0 Å². The maximum Gasteiger partial charge on any atom is 0.138 e. The highest BCUT2D eigenvalue weighted by atomic mass is 32.1. The second kappa shape index (κ2) is 2.57. The summed E-state index contributed by atoms with van der Waals surface area (Å²) < 4.78 is 13.1. The standard InChI is InChI=1S/C8H10FNS/c1-5-8-6(9)4-11-7(8)2-3-10-5/h4-5,10H,2-3H2,1H3. The van der Waals surface area contributed by atoms with Crippen LogP contribution in [0.5, 0.6) is 0 Å². The Balaban J connectivity index is 2.48. The van der Waals surface area contributed by atoms with Gasteiger partial charge in [-0.1, -0.05) is 0 Å². The van der Waals surface area contributed by atoms with E-state index in [1.165, 1.54) is 4.88 Å². The minimum Gasteiger partial charge on any atom is -0.310 e. The Labute approximate surface area is 69.2 Å². The summed E-state index contributed by atoms with van der Waals surface area (Å²) in [7, 11) is 0. The van der Waals surface area contributed by atoms with Crippen LogP contribution < -0.4 is 5.32 Å². The summed E-state index contributed by atoms with van der Waals surface area (Å²) in [6, 6.07) is 0.199. The Bertz CT molecular complexity index is 269. The first-order valence-electron chi connectivity index (χ1n) is 3.78. The van der Waals surface area contributed by atoms with Crippen LogP contribution in [-0.4, -0.2) is 6.54 Å². The summed E-state index contributed by atoms with van der Waals surface area (Å²) in [5, 5.41) is 4.84. The molecule has 0 aromatic carbocycles. The van der Waals surface area contributed by atoms with Gasteiger partial charge in [0.25, 0.3) is 0 Å². The monoisotopic (exact) mass is 171 g/mol. The molecule has 1 nitrogen and oxygen atoms in total. The molecular formula is C8H10FNS. The third-order valence-corrected chi connectivity index (χ3v) is 3.13. The number of thiophene rings is 1. The number of hydrogen-bond acceptors (Lipinski definition) is 2. The zero-order chi connectivity index (χ0) is 7.84. The van der Waals surface area contributed by atoms with Crippen LogP contribution in [0.25, 0.3) is 0 Å². The number of hydrogen-bond donors (Lipinski definition) is 1. The molecule has 0 fully saturated rings. The minimum absolute atomic E-state index is 0.0373. The molecule has 0 aliphatic carbocycles. The van der Waals surface area contributed by atoms with Gasteiger partial charge in [0, 0.05) is 28.4 Å². The fourth-order valence-corrected chi connectivity index (χ4v) is 2.52. The molecule has 11 heavy (non-hydrogen) atoms. The van der Waals surface area contributed by atoms with Crippen molar-refractivity contribution >= 4 is 11.3 Å². The van der Waals surface area contributed by atoms with Crippen molar-refractivity contribution in [3.05, 3.63) is 21.6 Å². The van der Waals surface area contributed by atoms with Gasteiger partial charge in [-0.25, -0.2) is 4.39 Å². The number of nitrogens with one attached hydrogen (secondary N) is 1. The van der Waals surface area contributed by atoms with Crippen molar-refractivity contribution in [1.82, 2.24) is 5.32 Å². The van der Waals surface area contributed by atoms with Crippen LogP contribution in [0.1, 0.15) is 23.4 Å². The Morgan fingerprint density at radius 2 is 2.55 bits per heavy atom. The van der Waals surface area contributed by atoms with Gasteiger partial charge in [-0.2, -0.15) is 0 Å². The largest absolute Gasteiger partial charge is 0.310 e. The molecule has 1 unspecified atom stereocenters. The van der Waals surface area contributed by atoms with Gasteiger partial charge in [0.05, 0.1) is 0 Å². The Hall–Kier alpha value is -0.410. The summed E-state index contributed by atoms with van der Waals surface area (Å²) >= 11 is 1.54. The van der Waals surface area contributed by atoms with Crippen molar-refractivity contribution in [2.24, 2.45) is 0 Å². The van der Waals surface area contributed by atoms with Gasteiger partial charge >= 0.3 is 0 Å². The van der Waals surface area contributed by atoms with E-state index in [1.807, 2.05) is 6.92 Å². The number of fused-ring (bicyclic) bond motifs is 1. The van der Waals surface area contributed by atoms with Gasteiger partial charge < -0.3 is 5.32 Å². The lowest BCUT2D eigenvalue weighted by Crippen LogP contribution is -2.27. The molecule has 0 amide bonds. The predicted molar refractivity (Wildman–Crippen MR) is 44.4 cm³/mol. The Kier molecular flexibility index (Phi) is 1.69. The van der Waals surface area contributed by atoms with Gasteiger partial charge in [-0.05, 0) is 13.3 Å². The van der Waals surface area contributed by atoms with Crippen molar-refractivity contribution in [1.29, 1.82) is 0 Å². The van der Waals surface area contributed by atoms with Crippen LogP contribution in [0.4, 0.5) is 4.39 Å². The molecule has 1 aliphatic rings. The van der Waals surface area contributed by atoms with E-state index < -0.39 is 0 Å². The molecular weight excluding hydrogens is 161 g/mol. The van der Waals surface area contributed by atoms with Crippen LogP contribution in [0.3, 0.4) is 0 Å². The molecule has 2 heterocycles. The molecule has 1 atom stereocenters. The second-order valence-corrected chi connectivity index (χ2v) is 3.81. The molecule has 60 valence electrons. The first-order chi connectivity index (χ1) is 5.29. The third kappa shape index (κ3) is 1.08. The fraction of sp³-hybridized carbons (Fsp3) is 0.500. The summed E-state index contributed by atoms with van der Waals surface area (Å²) in [5.41, 5.74) is 0.890. The Morgan fingerprint density at radius 3 is 3.27 bits per heavy atom. The van der Waals surface area contributed by atoms with E-state index in [4.69, 9.17) is 0 Å². The zero-order valence-electron chi connectivity index (χ0n) is 6.36. The van der Waals surface area contributed by atoms with E-state index in [0.29, 0.717) is 0 Å². The molecule has 1 N–H and O–H groups in total. The lowest BCUT2D eigenvalue weighted by Gasteiger charge is -2.20. The van der Waals surface area contributed by atoms with E-state index >= 15 is 0 Å². The second-order valence-electron chi connectivity index (χ2n) is 2.85. The average molecular weight is 171 g/mol. The lowest BCUT2D eigenvalue weighted by molar-refractivity contribution is 0.508. The van der Waals surface area contributed by atoms with E-state index in [2.05, 4.69) is 5.32 Å². The summed E-state index contributed by atoms with van der Waals surface area (Å²) in [6.07, 6.45) is 0.980. The molecule has 1 aliphatic heterocycles. The van der Waals surface area contributed by atoms with Gasteiger partial charge in [-0.15, -0.1) is 11.3 Å². The highest BCUT2D eigenvalue weighted by molar-refractivity contribution is 7.10. The Morgan fingerprint density at radius 1 is 1.73 bits per heavy atom. The van der Waals surface area contributed by atoms with Gasteiger partial charge in [0.2, 0.25) is 0 Å². The van der Waals surface area contributed by atoms with Crippen LogP contribution in [-0.2, 0) is 6.42 Å². The summed E-state index contributed by atoms with van der Waals surface area (Å²) in [6.45, 7) is 2.99. The van der Waals surface area contributed by atoms with Crippen LogP contribution >= 0.6 is 11.3 Å². The number of halogens is 1. The molecule has 2 rings (SSSR count). The normalized spacial score (nSPS) is 23.3. The number of rotatable bonds is 0. The molecule has 0 saturated carbocycles. The van der Waals surface area contributed by atoms with Gasteiger partial charge in [-0.3, -0.25) is 0 Å². The quantitative estimate of drug-likeness (QED) is 0.630. The van der Waals surface area contributed by atoms with Crippen LogP contribution in [0.15, 0.2) is 5.38 Å². The van der Waals surface area contributed by atoms with Crippen molar-refractivity contribution in [3.63, 3.8) is 0 Å². The predicted octanol–water partition coefficient (Wildman–Crippen LogP) is 2.09. The van der Waals surface area contributed by atoms with Crippen molar-refractivity contribution < 1.29 is 4.39 Å². The highest BCUT2D eigenvalue weighted by Crippen LogP contribution is 2.30. The van der Waals surface area contributed by atoms with Crippen molar-refractivity contribution in [2.75, 3.05) is 6.54 Å². The van der Waals surface area contributed by atoms with E-state index in [9.17, 15) is 4.39 Å². The molecule has 0 spiro atoms. The van der Waals surface area contributed by atoms with Crippen LogP contribution in [0, 0.1) is 5.82 Å². The SMILES string of the molecule is CC1NCCc2scc(F)c21. The highest BCUT2D eigenvalue weighted by Gasteiger charge is 2.20. The molecule has 1 aromatic heterocycles. The molecule has 0 radical (unpaired) electrons.